The van der Waals surface area contributed by atoms with Gasteiger partial charge in [0.1, 0.15) is 6.07 Å². The molecule has 0 radical (unpaired) electrons. The highest BCUT2D eigenvalue weighted by Gasteiger charge is 2.06. The Bertz CT molecular complexity index is 660. The van der Waals surface area contributed by atoms with Crippen LogP contribution in [0, 0.1) is 18.3 Å². The number of phenolic OH excluding ortho intramolecular Hbond substituents is 1. The summed E-state index contributed by atoms with van der Waals surface area (Å²) < 4.78 is 5.07. The van der Waals surface area contributed by atoms with Crippen LogP contribution in [0.3, 0.4) is 0 Å². The monoisotopic (exact) mass is 268 g/mol. The maximum absolute atomic E-state index is 9.55. The van der Waals surface area contributed by atoms with Gasteiger partial charge in [-0.15, -0.1) is 0 Å². The molecule has 102 valence electrons. The molecule has 0 aliphatic carbocycles. The van der Waals surface area contributed by atoms with Crippen molar-refractivity contribution >= 4 is 5.69 Å². The SMILES string of the molecule is COc1cc(CNc2cccc(C)c2C#N)ccc1O. The van der Waals surface area contributed by atoms with Crippen LogP contribution in [0.5, 0.6) is 11.5 Å². The van der Waals surface area contributed by atoms with Crippen molar-refractivity contribution < 1.29 is 9.84 Å². The second-order valence-corrected chi connectivity index (χ2v) is 4.47. The third-order valence-corrected chi connectivity index (χ3v) is 3.11. The summed E-state index contributed by atoms with van der Waals surface area (Å²) in [4.78, 5) is 0. The lowest BCUT2D eigenvalue weighted by Crippen LogP contribution is -2.02. The minimum absolute atomic E-state index is 0.115. The van der Waals surface area contributed by atoms with Crippen molar-refractivity contribution in [2.24, 2.45) is 0 Å². The molecule has 0 aliphatic heterocycles. The molecule has 4 heteroatoms. The summed E-state index contributed by atoms with van der Waals surface area (Å²) in [5.41, 5.74) is 3.36. The number of benzene rings is 2. The van der Waals surface area contributed by atoms with Gasteiger partial charge in [-0.2, -0.15) is 5.26 Å². The maximum atomic E-state index is 9.55. The van der Waals surface area contributed by atoms with Gasteiger partial charge in [-0.3, -0.25) is 0 Å². The summed E-state index contributed by atoms with van der Waals surface area (Å²) in [6.07, 6.45) is 0. The largest absolute Gasteiger partial charge is 0.504 e. The zero-order chi connectivity index (χ0) is 14.5. The Morgan fingerprint density at radius 3 is 2.80 bits per heavy atom. The molecule has 0 aromatic heterocycles. The van der Waals surface area contributed by atoms with Crippen LogP contribution in [0.4, 0.5) is 5.69 Å². The molecule has 0 unspecified atom stereocenters. The standard InChI is InChI=1S/C16H16N2O2/c1-11-4-3-5-14(13(11)9-17)18-10-12-6-7-15(19)16(8-12)20-2/h3-8,18-19H,10H2,1-2H3. The third-order valence-electron chi connectivity index (χ3n) is 3.11. The molecule has 2 rings (SSSR count). The number of aryl methyl sites for hydroxylation is 1. The van der Waals surface area contributed by atoms with Gasteiger partial charge in [-0.1, -0.05) is 18.2 Å². The number of phenols is 1. The molecule has 0 atom stereocenters. The van der Waals surface area contributed by atoms with Crippen LogP contribution in [0.2, 0.25) is 0 Å². The van der Waals surface area contributed by atoms with Gasteiger partial charge in [-0.25, -0.2) is 0 Å². The van der Waals surface area contributed by atoms with E-state index in [2.05, 4.69) is 11.4 Å². The van der Waals surface area contributed by atoms with Crippen molar-refractivity contribution in [3.63, 3.8) is 0 Å². The third kappa shape index (κ3) is 2.83. The van der Waals surface area contributed by atoms with E-state index < -0.39 is 0 Å². The summed E-state index contributed by atoms with van der Waals surface area (Å²) in [5.74, 6) is 0.554. The van der Waals surface area contributed by atoms with E-state index in [0.29, 0.717) is 17.9 Å². The average molecular weight is 268 g/mol. The number of ether oxygens (including phenoxy) is 1. The van der Waals surface area contributed by atoms with Crippen molar-refractivity contribution in [1.82, 2.24) is 0 Å². The molecule has 0 bridgehead atoms. The summed E-state index contributed by atoms with van der Waals surface area (Å²) >= 11 is 0. The van der Waals surface area contributed by atoms with Gasteiger partial charge in [0.05, 0.1) is 18.4 Å². The van der Waals surface area contributed by atoms with E-state index in [1.54, 1.807) is 12.1 Å². The van der Waals surface area contributed by atoms with Gasteiger partial charge in [-0.05, 0) is 36.2 Å². The number of hydrogen-bond acceptors (Lipinski definition) is 4. The first-order valence-electron chi connectivity index (χ1n) is 6.25. The molecule has 0 fully saturated rings. The molecule has 2 aromatic rings. The lowest BCUT2D eigenvalue weighted by atomic mass is 10.1. The van der Waals surface area contributed by atoms with Crippen LogP contribution in [0.15, 0.2) is 36.4 Å². The Labute approximate surface area is 118 Å². The molecule has 2 aromatic carbocycles. The Balaban J connectivity index is 2.17. The van der Waals surface area contributed by atoms with E-state index in [1.807, 2.05) is 31.2 Å². The van der Waals surface area contributed by atoms with Gasteiger partial charge < -0.3 is 15.2 Å². The van der Waals surface area contributed by atoms with Gasteiger partial charge in [0.2, 0.25) is 0 Å². The molecular weight excluding hydrogens is 252 g/mol. The van der Waals surface area contributed by atoms with Crippen LogP contribution in [-0.4, -0.2) is 12.2 Å². The molecule has 0 aliphatic rings. The van der Waals surface area contributed by atoms with Gasteiger partial charge >= 0.3 is 0 Å². The van der Waals surface area contributed by atoms with Crippen molar-refractivity contribution in [3.8, 4) is 17.6 Å². The number of rotatable bonds is 4. The summed E-state index contributed by atoms with van der Waals surface area (Å²) in [5, 5.41) is 22.0. The fraction of sp³-hybridized carbons (Fsp3) is 0.188. The van der Waals surface area contributed by atoms with Crippen molar-refractivity contribution in [3.05, 3.63) is 53.1 Å². The van der Waals surface area contributed by atoms with Crippen LogP contribution in [0.25, 0.3) is 0 Å². The summed E-state index contributed by atoms with van der Waals surface area (Å²) in [7, 11) is 1.51. The molecule has 0 heterocycles. The summed E-state index contributed by atoms with van der Waals surface area (Å²) in [6, 6.07) is 13.1. The zero-order valence-corrected chi connectivity index (χ0v) is 11.5. The minimum atomic E-state index is 0.115. The number of anilines is 1. The summed E-state index contributed by atoms with van der Waals surface area (Å²) in [6.45, 7) is 2.46. The second-order valence-electron chi connectivity index (χ2n) is 4.47. The molecule has 0 amide bonds. The fourth-order valence-electron chi connectivity index (χ4n) is 1.99. The predicted molar refractivity (Wildman–Crippen MR) is 77.9 cm³/mol. The lowest BCUT2D eigenvalue weighted by molar-refractivity contribution is 0.373. The maximum Gasteiger partial charge on any atom is 0.160 e. The van der Waals surface area contributed by atoms with Gasteiger partial charge in [0, 0.05) is 6.54 Å². The smallest absolute Gasteiger partial charge is 0.160 e. The van der Waals surface area contributed by atoms with E-state index in [0.717, 1.165) is 16.8 Å². The molecule has 0 saturated heterocycles. The Kier molecular flexibility index (Phi) is 4.11. The van der Waals surface area contributed by atoms with E-state index >= 15 is 0 Å². The molecule has 0 spiro atoms. The van der Waals surface area contributed by atoms with Crippen LogP contribution in [0.1, 0.15) is 16.7 Å². The topological polar surface area (TPSA) is 65.3 Å². The Hall–Kier alpha value is -2.67. The van der Waals surface area contributed by atoms with Crippen molar-refractivity contribution in [2.75, 3.05) is 12.4 Å². The highest BCUT2D eigenvalue weighted by Crippen LogP contribution is 2.27. The zero-order valence-electron chi connectivity index (χ0n) is 11.5. The van der Waals surface area contributed by atoms with Crippen LogP contribution < -0.4 is 10.1 Å². The number of nitrogens with zero attached hydrogens (tertiary/aromatic N) is 1. The van der Waals surface area contributed by atoms with Gasteiger partial charge in [0.15, 0.2) is 11.5 Å². The number of methoxy groups -OCH3 is 1. The van der Waals surface area contributed by atoms with Crippen LogP contribution in [-0.2, 0) is 6.54 Å². The molecule has 4 nitrogen and oxygen atoms in total. The van der Waals surface area contributed by atoms with Gasteiger partial charge in [0.25, 0.3) is 0 Å². The predicted octanol–water partition coefficient (Wildman–Crippen LogP) is 3.19. The Morgan fingerprint density at radius 1 is 1.30 bits per heavy atom. The minimum Gasteiger partial charge on any atom is -0.504 e. The first-order valence-corrected chi connectivity index (χ1v) is 6.25. The lowest BCUT2D eigenvalue weighted by Gasteiger charge is -2.11. The molecule has 2 N–H and O–H groups in total. The number of nitrogens with one attached hydrogen (secondary N) is 1. The van der Waals surface area contributed by atoms with E-state index in [1.165, 1.54) is 7.11 Å². The second kappa shape index (κ2) is 5.98. The highest BCUT2D eigenvalue weighted by molar-refractivity contribution is 5.60. The molecular formula is C16H16N2O2. The number of hydrogen-bond donors (Lipinski definition) is 2. The van der Waals surface area contributed by atoms with E-state index in [-0.39, 0.29) is 5.75 Å². The van der Waals surface area contributed by atoms with Crippen molar-refractivity contribution in [1.29, 1.82) is 5.26 Å². The highest BCUT2D eigenvalue weighted by atomic mass is 16.5. The number of aromatic hydroxyl groups is 1. The van der Waals surface area contributed by atoms with E-state index in [4.69, 9.17) is 4.74 Å². The average Bonchev–Trinajstić information content (AvgIpc) is 2.46. The molecule has 20 heavy (non-hydrogen) atoms. The first kappa shape index (κ1) is 13.8. The van der Waals surface area contributed by atoms with E-state index in [9.17, 15) is 10.4 Å². The Morgan fingerprint density at radius 2 is 2.10 bits per heavy atom. The van der Waals surface area contributed by atoms with Crippen LogP contribution >= 0.6 is 0 Å². The first-order chi connectivity index (χ1) is 9.65. The quantitative estimate of drug-likeness (QED) is 0.893. The normalized spacial score (nSPS) is 9.85. The molecule has 0 saturated carbocycles. The number of nitriles is 1. The fourth-order valence-corrected chi connectivity index (χ4v) is 1.99. The van der Waals surface area contributed by atoms with Crippen molar-refractivity contribution in [2.45, 2.75) is 13.5 Å².